The Morgan fingerprint density at radius 1 is 0.880 bits per heavy atom. The standard InChI is InChI=1S/C20H26N2O2S/c1-16-8-9-17(2)19(14-16)15-21-10-12-22(13-11-21)25(23,24)20-7-5-4-6-18(20)3/h4-9,14H,10-13,15H2,1-3H3. The van der Waals surface area contributed by atoms with Gasteiger partial charge < -0.3 is 0 Å². The van der Waals surface area contributed by atoms with Gasteiger partial charge in [-0.15, -0.1) is 0 Å². The molecule has 1 aliphatic rings. The summed E-state index contributed by atoms with van der Waals surface area (Å²) in [6.45, 7) is 9.58. The Balaban J connectivity index is 1.68. The zero-order valence-electron chi connectivity index (χ0n) is 15.2. The van der Waals surface area contributed by atoms with Gasteiger partial charge in [-0.05, 0) is 43.5 Å². The molecule has 0 amide bonds. The molecular weight excluding hydrogens is 332 g/mol. The van der Waals surface area contributed by atoms with Gasteiger partial charge in [0.05, 0.1) is 4.90 Å². The van der Waals surface area contributed by atoms with Gasteiger partial charge in [-0.2, -0.15) is 4.31 Å². The van der Waals surface area contributed by atoms with Crippen LogP contribution in [0.5, 0.6) is 0 Å². The molecule has 0 atom stereocenters. The second-order valence-electron chi connectivity index (χ2n) is 6.88. The fourth-order valence-corrected chi connectivity index (χ4v) is 4.97. The minimum atomic E-state index is -3.40. The Morgan fingerprint density at radius 3 is 2.24 bits per heavy atom. The van der Waals surface area contributed by atoms with Crippen LogP contribution >= 0.6 is 0 Å². The highest BCUT2D eigenvalue weighted by atomic mass is 32.2. The predicted molar refractivity (Wildman–Crippen MR) is 101 cm³/mol. The molecule has 1 fully saturated rings. The van der Waals surface area contributed by atoms with E-state index in [1.807, 2.05) is 19.1 Å². The molecule has 1 heterocycles. The van der Waals surface area contributed by atoms with Crippen molar-refractivity contribution in [2.45, 2.75) is 32.2 Å². The molecule has 1 saturated heterocycles. The summed E-state index contributed by atoms with van der Waals surface area (Å²) in [5.41, 5.74) is 4.69. The van der Waals surface area contributed by atoms with Crippen LogP contribution in [-0.2, 0) is 16.6 Å². The fraction of sp³-hybridized carbons (Fsp3) is 0.400. The van der Waals surface area contributed by atoms with Gasteiger partial charge in [-0.3, -0.25) is 4.90 Å². The lowest BCUT2D eigenvalue weighted by atomic mass is 10.1. The molecule has 0 aromatic heterocycles. The van der Waals surface area contributed by atoms with Crippen molar-refractivity contribution in [1.82, 2.24) is 9.21 Å². The van der Waals surface area contributed by atoms with Gasteiger partial charge in [-0.25, -0.2) is 8.42 Å². The predicted octanol–water partition coefficient (Wildman–Crippen LogP) is 3.12. The molecule has 2 aromatic rings. The van der Waals surface area contributed by atoms with E-state index >= 15 is 0 Å². The molecule has 0 radical (unpaired) electrons. The van der Waals surface area contributed by atoms with Crippen LogP contribution in [0.15, 0.2) is 47.4 Å². The van der Waals surface area contributed by atoms with Crippen LogP contribution in [0, 0.1) is 20.8 Å². The molecule has 2 aromatic carbocycles. The van der Waals surface area contributed by atoms with E-state index in [1.165, 1.54) is 16.7 Å². The average molecular weight is 359 g/mol. The summed E-state index contributed by atoms with van der Waals surface area (Å²) in [5, 5.41) is 0. The van der Waals surface area contributed by atoms with Crippen LogP contribution < -0.4 is 0 Å². The van der Waals surface area contributed by atoms with Crippen LogP contribution in [0.2, 0.25) is 0 Å². The summed E-state index contributed by atoms with van der Waals surface area (Å²) in [6, 6.07) is 13.7. The summed E-state index contributed by atoms with van der Waals surface area (Å²) < 4.78 is 27.4. The monoisotopic (exact) mass is 358 g/mol. The van der Waals surface area contributed by atoms with Gasteiger partial charge >= 0.3 is 0 Å². The first kappa shape index (κ1) is 18.1. The van der Waals surface area contributed by atoms with Crippen LogP contribution in [0.3, 0.4) is 0 Å². The van der Waals surface area contributed by atoms with Crippen molar-refractivity contribution in [3.05, 3.63) is 64.7 Å². The van der Waals surface area contributed by atoms with E-state index in [9.17, 15) is 8.42 Å². The third-order valence-corrected chi connectivity index (χ3v) is 7.00. The van der Waals surface area contributed by atoms with Crippen LogP contribution in [-0.4, -0.2) is 43.8 Å². The lowest BCUT2D eigenvalue weighted by molar-refractivity contribution is 0.181. The van der Waals surface area contributed by atoms with Crippen molar-refractivity contribution < 1.29 is 8.42 Å². The molecule has 5 heteroatoms. The zero-order chi connectivity index (χ0) is 18.0. The van der Waals surface area contributed by atoms with Crippen molar-refractivity contribution in [2.24, 2.45) is 0 Å². The largest absolute Gasteiger partial charge is 0.296 e. The Hall–Kier alpha value is -1.69. The molecule has 0 unspecified atom stereocenters. The van der Waals surface area contributed by atoms with Crippen molar-refractivity contribution in [1.29, 1.82) is 0 Å². The van der Waals surface area contributed by atoms with Gasteiger partial charge in [0.2, 0.25) is 10.0 Å². The van der Waals surface area contributed by atoms with E-state index in [0.717, 1.165) is 25.2 Å². The van der Waals surface area contributed by atoms with Gasteiger partial charge in [0.1, 0.15) is 0 Å². The van der Waals surface area contributed by atoms with Crippen LogP contribution in [0.25, 0.3) is 0 Å². The average Bonchev–Trinajstić information content (AvgIpc) is 2.59. The highest BCUT2D eigenvalue weighted by molar-refractivity contribution is 7.89. The van der Waals surface area contributed by atoms with E-state index in [1.54, 1.807) is 16.4 Å². The lowest BCUT2D eigenvalue weighted by Gasteiger charge is -2.34. The summed E-state index contributed by atoms with van der Waals surface area (Å²) in [7, 11) is -3.40. The van der Waals surface area contributed by atoms with Crippen molar-refractivity contribution >= 4 is 10.0 Å². The number of piperazine rings is 1. The highest BCUT2D eigenvalue weighted by Crippen LogP contribution is 2.22. The van der Waals surface area contributed by atoms with Gasteiger partial charge in [0, 0.05) is 32.7 Å². The minimum absolute atomic E-state index is 0.429. The Morgan fingerprint density at radius 2 is 1.56 bits per heavy atom. The molecule has 134 valence electrons. The zero-order valence-corrected chi connectivity index (χ0v) is 16.0. The number of hydrogen-bond donors (Lipinski definition) is 0. The third-order valence-electron chi connectivity index (χ3n) is 4.94. The SMILES string of the molecule is Cc1ccc(C)c(CN2CCN(S(=O)(=O)c3ccccc3C)CC2)c1. The topological polar surface area (TPSA) is 40.6 Å². The molecular formula is C20H26N2O2S. The third kappa shape index (κ3) is 3.94. The quantitative estimate of drug-likeness (QED) is 0.843. The smallest absolute Gasteiger partial charge is 0.243 e. The summed E-state index contributed by atoms with van der Waals surface area (Å²) in [4.78, 5) is 2.77. The van der Waals surface area contributed by atoms with Crippen molar-refractivity contribution in [2.75, 3.05) is 26.2 Å². The molecule has 0 spiro atoms. The van der Waals surface area contributed by atoms with E-state index in [2.05, 4.69) is 36.9 Å². The van der Waals surface area contributed by atoms with Gasteiger partial charge in [0.15, 0.2) is 0 Å². The number of benzene rings is 2. The molecule has 0 N–H and O–H groups in total. The molecule has 25 heavy (non-hydrogen) atoms. The maximum Gasteiger partial charge on any atom is 0.243 e. The Labute approximate surface area is 151 Å². The molecule has 1 aliphatic heterocycles. The lowest BCUT2D eigenvalue weighted by Crippen LogP contribution is -2.48. The van der Waals surface area contributed by atoms with E-state index in [0.29, 0.717) is 18.0 Å². The number of sulfonamides is 1. The minimum Gasteiger partial charge on any atom is -0.296 e. The maximum atomic E-state index is 12.9. The molecule has 4 nitrogen and oxygen atoms in total. The van der Waals surface area contributed by atoms with Crippen molar-refractivity contribution in [3.63, 3.8) is 0 Å². The highest BCUT2D eigenvalue weighted by Gasteiger charge is 2.29. The molecule has 3 rings (SSSR count). The van der Waals surface area contributed by atoms with Crippen LogP contribution in [0.1, 0.15) is 22.3 Å². The first-order valence-corrected chi connectivity index (χ1v) is 10.2. The molecule has 0 aliphatic carbocycles. The first-order valence-electron chi connectivity index (χ1n) is 8.72. The van der Waals surface area contributed by atoms with Gasteiger partial charge in [0.25, 0.3) is 0 Å². The number of hydrogen-bond acceptors (Lipinski definition) is 3. The van der Waals surface area contributed by atoms with Crippen LogP contribution in [0.4, 0.5) is 0 Å². The molecule has 0 bridgehead atoms. The molecule has 0 saturated carbocycles. The number of nitrogens with zero attached hydrogens (tertiary/aromatic N) is 2. The second kappa shape index (κ2) is 7.28. The Kier molecular flexibility index (Phi) is 5.27. The van der Waals surface area contributed by atoms with Crippen molar-refractivity contribution in [3.8, 4) is 0 Å². The Bertz CT molecular complexity index is 854. The summed E-state index contributed by atoms with van der Waals surface area (Å²) in [5.74, 6) is 0. The first-order chi connectivity index (χ1) is 11.9. The fourth-order valence-electron chi connectivity index (χ4n) is 3.32. The number of aryl methyl sites for hydroxylation is 3. The van der Waals surface area contributed by atoms with Gasteiger partial charge in [-0.1, -0.05) is 42.0 Å². The maximum absolute atomic E-state index is 12.9. The number of rotatable bonds is 4. The summed E-state index contributed by atoms with van der Waals surface area (Å²) in [6.07, 6.45) is 0. The second-order valence-corrected chi connectivity index (χ2v) is 8.78. The normalized spacial score (nSPS) is 16.9. The van der Waals surface area contributed by atoms with E-state index in [4.69, 9.17) is 0 Å². The van der Waals surface area contributed by atoms with E-state index in [-0.39, 0.29) is 0 Å². The summed E-state index contributed by atoms with van der Waals surface area (Å²) >= 11 is 0. The van der Waals surface area contributed by atoms with E-state index < -0.39 is 10.0 Å².